The Morgan fingerprint density at radius 2 is 1.84 bits per heavy atom. The highest BCUT2D eigenvalue weighted by molar-refractivity contribution is 7.89. The maximum atomic E-state index is 13.4. The quantitative estimate of drug-likeness (QED) is 0.657. The number of H-pyrrole nitrogens is 1. The zero-order valence-electron chi connectivity index (χ0n) is 17.5. The number of nitrogens with zero attached hydrogens (tertiary/aromatic N) is 5. The molecule has 0 aliphatic carbocycles. The van der Waals surface area contributed by atoms with E-state index in [0.717, 1.165) is 23.0 Å². The highest BCUT2D eigenvalue weighted by Crippen LogP contribution is 2.26. The first-order valence-corrected chi connectivity index (χ1v) is 11.2. The molecule has 31 heavy (non-hydrogen) atoms. The van der Waals surface area contributed by atoms with Crippen molar-refractivity contribution in [3.05, 3.63) is 53.2 Å². The van der Waals surface area contributed by atoms with E-state index >= 15 is 0 Å². The fraction of sp³-hybridized carbons (Fsp3) is 0.350. The molecule has 1 amide bonds. The number of hydrogen-bond donors (Lipinski definition) is 1. The van der Waals surface area contributed by atoms with Gasteiger partial charge < -0.3 is 4.90 Å². The minimum absolute atomic E-state index is 0.0901. The van der Waals surface area contributed by atoms with Gasteiger partial charge in [-0.05, 0) is 38.1 Å². The summed E-state index contributed by atoms with van der Waals surface area (Å²) in [6, 6.07) is 6.62. The third kappa shape index (κ3) is 3.86. The lowest BCUT2D eigenvalue weighted by atomic mass is 10.1. The largest absolute Gasteiger partial charge is 0.335 e. The van der Waals surface area contributed by atoms with Crippen LogP contribution in [0, 0.1) is 19.7 Å². The molecule has 164 valence electrons. The molecule has 11 heteroatoms. The predicted molar refractivity (Wildman–Crippen MR) is 111 cm³/mol. The second-order valence-corrected chi connectivity index (χ2v) is 9.43. The van der Waals surface area contributed by atoms with E-state index < -0.39 is 15.8 Å². The standard InChI is InChI=1S/C20H23FN6O3S/c1-13-19(14(2)25(3)24-13)17-12-18(23-22-17)20(28)26-7-9-27(10-8-26)31(29,30)16-6-4-5-15(21)11-16/h4-6,11-12H,7-10H2,1-3H3,(H,22,23). The summed E-state index contributed by atoms with van der Waals surface area (Å²) in [7, 11) is -1.96. The van der Waals surface area contributed by atoms with E-state index in [1.54, 1.807) is 15.6 Å². The summed E-state index contributed by atoms with van der Waals surface area (Å²) in [6.45, 7) is 4.54. The van der Waals surface area contributed by atoms with Gasteiger partial charge >= 0.3 is 0 Å². The van der Waals surface area contributed by atoms with Crippen molar-refractivity contribution in [3.8, 4) is 11.3 Å². The van der Waals surface area contributed by atoms with Crippen molar-refractivity contribution in [2.75, 3.05) is 26.2 Å². The Labute approximate surface area is 179 Å². The van der Waals surface area contributed by atoms with E-state index in [4.69, 9.17) is 0 Å². The first-order chi connectivity index (χ1) is 14.7. The smallest absolute Gasteiger partial charge is 0.271 e. The molecule has 0 spiro atoms. The minimum atomic E-state index is -3.81. The molecule has 4 rings (SSSR count). The first-order valence-electron chi connectivity index (χ1n) is 9.79. The van der Waals surface area contributed by atoms with Gasteiger partial charge in [-0.2, -0.15) is 14.5 Å². The molecule has 1 N–H and O–H groups in total. The van der Waals surface area contributed by atoms with Crippen molar-refractivity contribution < 1.29 is 17.6 Å². The van der Waals surface area contributed by atoms with Crippen molar-refractivity contribution in [1.29, 1.82) is 0 Å². The van der Waals surface area contributed by atoms with Gasteiger partial charge in [0.05, 0.1) is 16.3 Å². The number of hydrogen-bond acceptors (Lipinski definition) is 5. The molecule has 0 radical (unpaired) electrons. The average molecular weight is 447 g/mol. The number of aromatic amines is 1. The summed E-state index contributed by atoms with van der Waals surface area (Å²) in [4.78, 5) is 14.4. The number of carbonyl (C=O) groups is 1. The second kappa shape index (κ2) is 7.89. The van der Waals surface area contributed by atoms with E-state index in [1.165, 1.54) is 22.5 Å². The molecule has 0 atom stereocenters. The van der Waals surface area contributed by atoms with Crippen molar-refractivity contribution in [2.24, 2.45) is 7.05 Å². The molecule has 0 saturated carbocycles. The maximum Gasteiger partial charge on any atom is 0.271 e. The van der Waals surface area contributed by atoms with Crippen LogP contribution in [0.5, 0.6) is 0 Å². The molecule has 9 nitrogen and oxygen atoms in total. The number of carbonyl (C=O) groups excluding carboxylic acids is 1. The van der Waals surface area contributed by atoms with Crippen LogP contribution in [0.4, 0.5) is 4.39 Å². The Hall–Kier alpha value is -3.05. The van der Waals surface area contributed by atoms with Gasteiger partial charge in [0.1, 0.15) is 11.5 Å². The number of halogens is 1. The summed E-state index contributed by atoms with van der Waals surface area (Å²) in [5.74, 6) is -0.857. The molecule has 0 bridgehead atoms. The van der Waals surface area contributed by atoms with Crippen LogP contribution < -0.4 is 0 Å². The molecular formula is C20H23FN6O3S. The third-order valence-electron chi connectivity index (χ3n) is 5.53. The molecular weight excluding hydrogens is 423 g/mol. The van der Waals surface area contributed by atoms with Gasteiger partial charge in [-0.1, -0.05) is 6.07 Å². The zero-order chi connectivity index (χ0) is 22.3. The predicted octanol–water partition coefficient (Wildman–Crippen LogP) is 1.71. The Bertz CT molecular complexity index is 1240. The molecule has 1 fully saturated rings. The van der Waals surface area contributed by atoms with Crippen LogP contribution in [0.2, 0.25) is 0 Å². The zero-order valence-corrected chi connectivity index (χ0v) is 18.3. The van der Waals surface area contributed by atoms with E-state index in [1.807, 2.05) is 20.9 Å². The van der Waals surface area contributed by atoms with E-state index in [-0.39, 0.29) is 37.0 Å². The molecule has 1 aliphatic heterocycles. The number of aryl methyl sites for hydroxylation is 2. The molecule has 1 saturated heterocycles. The highest BCUT2D eigenvalue weighted by atomic mass is 32.2. The van der Waals surface area contributed by atoms with Crippen LogP contribution in [0.1, 0.15) is 21.9 Å². The Morgan fingerprint density at radius 1 is 1.13 bits per heavy atom. The van der Waals surface area contributed by atoms with Crippen LogP contribution in [0.3, 0.4) is 0 Å². The summed E-state index contributed by atoms with van der Waals surface area (Å²) in [5.41, 5.74) is 3.61. The van der Waals surface area contributed by atoms with E-state index in [0.29, 0.717) is 11.4 Å². The molecule has 1 aromatic carbocycles. The minimum Gasteiger partial charge on any atom is -0.335 e. The molecule has 0 unspecified atom stereocenters. The normalized spacial score (nSPS) is 15.4. The lowest BCUT2D eigenvalue weighted by Gasteiger charge is -2.33. The van der Waals surface area contributed by atoms with Crippen molar-refractivity contribution >= 4 is 15.9 Å². The topological polar surface area (TPSA) is 104 Å². The van der Waals surface area contributed by atoms with Gasteiger partial charge in [-0.3, -0.25) is 14.6 Å². The number of aromatic nitrogens is 4. The molecule has 3 aromatic rings. The third-order valence-corrected chi connectivity index (χ3v) is 7.43. The monoisotopic (exact) mass is 446 g/mol. The van der Waals surface area contributed by atoms with E-state index in [2.05, 4.69) is 15.3 Å². The lowest BCUT2D eigenvalue weighted by molar-refractivity contribution is 0.0692. The summed E-state index contributed by atoms with van der Waals surface area (Å²) in [5, 5.41) is 11.4. The molecule has 2 aromatic heterocycles. The number of rotatable bonds is 4. The van der Waals surface area contributed by atoms with Gasteiger partial charge in [-0.15, -0.1) is 0 Å². The van der Waals surface area contributed by atoms with E-state index in [9.17, 15) is 17.6 Å². The summed E-state index contributed by atoms with van der Waals surface area (Å²) < 4.78 is 42.0. The SMILES string of the molecule is Cc1nn(C)c(C)c1-c1cc(C(=O)N2CCN(S(=O)(=O)c3cccc(F)c3)CC2)[nH]n1. The molecule has 3 heterocycles. The average Bonchev–Trinajstić information content (AvgIpc) is 3.32. The van der Waals surface area contributed by atoms with Gasteiger partial charge in [0.25, 0.3) is 5.91 Å². The Morgan fingerprint density at radius 3 is 2.45 bits per heavy atom. The van der Waals surface area contributed by atoms with Crippen LogP contribution in [-0.4, -0.2) is 69.7 Å². The fourth-order valence-corrected chi connectivity index (χ4v) is 5.24. The summed E-state index contributed by atoms with van der Waals surface area (Å²) in [6.07, 6.45) is 0. The van der Waals surface area contributed by atoms with Crippen LogP contribution in [-0.2, 0) is 17.1 Å². The summed E-state index contributed by atoms with van der Waals surface area (Å²) >= 11 is 0. The number of benzene rings is 1. The van der Waals surface area contributed by atoms with Crippen molar-refractivity contribution in [1.82, 2.24) is 29.2 Å². The number of sulfonamides is 1. The van der Waals surface area contributed by atoms with Crippen LogP contribution in [0.15, 0.2) is 35.2 Å². The number of piperazine rings is 1. The van der Waals surface area contributed by atoms with Crippen LogP contribution in [0.25, 0.3) is 11.3 Å². The lowest BCUT2D eigenvalue weighted by Crippen LogP contribution is -2.50. The highest BCUT2D eigenvalue weighted by Gasteiger charge is 2.31. The van der Waals surface area contributed by atoms with Gasteiger partial charge in [0.2, 0.25) is 10.0 Å². The second-order valence-electron chi connectivity index (χ2n) is 7.49. The van der Waals surface area contributed by atoms with Gasteiger partial charge in [0, 0.05) is 44.5 Å². The van der Waals surface area contributed by atoms with Crippen molar-refractivity contribution in [2.45, 2.75) is 18.7 Å². The first kappa shape index (κ1) is 21.2. The van der Waals surface area contributed by atoms with Gasteiger partial charge in [0.15, 0.2) is 0 Å². The maximum absolute atomic E-state index is 13.4. The molecule has 1 aliphatic rings. The van der Waals surface area contributed by atoms with Gasteiger partial charge in [-0.25, -0.2) is 12.8 Å². The van der Waals surface area contributed by atoms with Crippen LogP contribution >= 0.6 is 0 Å². The fourth-order valence-electron chi connectivity index (χ4n) is 3.78. The number of amides is 1. The Kier molecular flexibility index (Phi) is 5.40. The Balaban J connectivity index is 1.46. The number of nitrogens with one attached hydrogen (secondary N) is 1. The van der Waals surface area contributed by atoms with Crippen molar-refractivity contribution in [3.63, 3.8) is 0 Å².